The van der Waals surface area contributed by atoms with E-state index in [2.05, 4.69) is 119 Å². The fourth-order valence-electron chi connectivity index (χ4n) is 6.10. The summed E-state index contributed by atoms with van der Waals surface area (Å²) in [5.41, 5.74) is 12.8. The Morgan fingerprint density at radius 2 is 1.30 bits per heavy atom. The molecular weight excluding hydrogens is 571 g/mol. The molecule has 0 atom stereocenters. The van der Waals surface area contributed by atoms with Crippen molar-refractivity contribution in [3.05, 3.63) is 73.1 Å². The van der Waals surface area contributed by atoms with E-state index in [-0.39, 0.29) is 41.1 Å². The molecule has 0 spiro atoms. The van der Waals surface area contributed by atoms with Gasteiger partial charge >= 0.3 is 224 Å². The Morgan fingerprint density at radius 1 is 0.730 bits per heavy atom. The van der Waals surface area contributed by atoms with Crippen molar-refractivity contribution in [1.82, 2.24) is 0 Å². The third-order valence-electron chi connectivity index (χ3n) is 7.88. The van der Waals surface area contributed by atoms with Gasteiger partial charge in [-0.3, -0.25) is 0 Å². The number of hydrogen-bond donors (Lipinski definition) is 0. The van der Waals surface area contributed by atoms with Crippen molar-refractivity contribution in [2.75, 3.05) is 0 Å². The summed E-state index contributed by atoms with van der Waals surface area (Å²) in [4.78, 5) is 0. The van der Waals surface area contributed by atoms with Crippen LogP contribution in [0.25, 0.3) is 11.1 Å². The smallest absolute Gasteiger partial charge is 1.00 e. The zero-order valence-electron chi connectivity index (χ0n) is 25.1. The van der Waals surface area contributed by atoms with Crippen molar-refractivity contribution in [2.45, 2.75) is 107 Å². The number of benzene rings is 2. The fraction of sp³-hybridized carbons (Fsp3) is 0.500. The predicted molar refractivity (Wildman–Crippen MR) is 153 cm³/mol. The Kier molecular flexibility index (Phi) is 9.67. The van der Waals surface area contributed by atoms with Crippen molar-refractivity contribution >= 4 is 6.48 Å². The number of halogens is 2. The van der Waals surface area contributed by atoms with Gasteiger partial charge in [0.05, 0.1) is 0 Å². The average molecular weight is 617 g/mol. The molecule has 0 radical (unpaired) electrons. The van der Waals surface area contributed by atoms with Crippen LogP contribution in [0.15, 0.2) is 50.8 Å². The first kappa shape index (κ1) is 32.5. The molecule has 0 fully saturated rings. The molecule has 0 amide bonds. The molecule has 37 heavy (non-hydrogen) atoms. The molecule has 0 heterocycles. The van der Waals surface area contributed by atoms with Crippen LogP contribution in [-0.2, 0) is 38.5 Å². The molecule has 2 aliphatic rings. The van der Waals surface area contributed by atoms with E-state index in [9.17, 15) is 0 Å². The Morgan fingerprint density at radius 3 is 1.81 bits per heavy atom. The second-order valence-electron chi connectivity index (χ2n) is 14.2. The van der Waals surface area contributed by atoms with E-state index < -0.39 is 21.3 Å². The van der Waals surface area contributed by atoms with Gasteiger partial charge in [-0.2, -0.15) is 0 Å². The van der Waals surface area contributed by atoms with Gasteiger partial charge in [0.1, 0.15) is 0 Å². The van der Waals surface area contributed by atoms with Gasteiger partial charge < -0.3 is 24.8 Å². The summed E-state index contributed by atoms with van der Waals surface area (Å²) < 4.78 is 5.26. The molecule has 0 N–H and O–H groups in total. The number of hydrogen-bond acceptors (Lipinski definition) is 0. The summed E-state index contributed by atoms with van der Waals surface area (Å²) >= 11 is -2.26. The van der Waals surface area contributed by atoms with E-state index >= 15 is 0 Å². The second kappa shape index (κ2) is 11.0. The normalized spacial score (nSPS) is 14.7. The zero-order chi connectivity index (χ0) is 26.1. The molecular formula is C34H46Cl2Zr. The van der Waals surface area contributed by atoms with E-state index in [0.717, 1.165) is 12.8 Å². The third-order valence-corrected chi connectivity index (χ3v) is 15.4. The molecule has 0 saturated heterocycles. The maximum absolute atomic E-state index is 2.65. The summed E-state index contributed by atoms with van der Waals surface area (Å²) in [5.74, 6) is 0. The van der Waals surface area contributed by atoms with Crippen molar-refractivity contribution in [3.8, 4) is 11.1 Å². The molecule has 0 bridgehead atoms. The van der Waals surface area contributed by atoms with Gasteiger partial charge in [-0.1, -0.05) is 0 Å². The minimum Gasteiger partial charge on any atom is -1.00 e. The minimum absolute atomic E-state index is 0. The van der Waals surface area contributed by atoms with Gasteiger partial charge in [0, 0.05) is 0 Å². The van der Waals surface area contributed by atoms with Gasteiger partial charge in [0.2, 0.25) is 0 Å². The van der Waals surface area contributed by atoms with E-state index in [0.29, 0.717) is 0 Å². The van der Waals surface area contributed by atoms with Crippen molar-refractivity contribution in [2.24, 2.45) is 5.41 Å². The van der Waals surface area contributed by atoms with Crippen molar-refractivity contribution in [1.29, 1.82) is 0 Å². The summed E-state index contributed by atoms with van der Waals surface area (Å²) in [5, 5.41) is 0. The maximum Gasteiger partial charge on any atom is -1.00 e. The van der Waals surface area contributed by atoms with Crippen LogP contribution in [0.5, 0.6) is 0 Å². The van der Waals surface area contributed by atoms with Gasteiger partial charge in [-0.05, 0) is 0 Å². The molecule has 0 aromatic heterocycles. The molecule has 0 saturated carbocycles. The average Bonchev–Trinajstić information content (AvgIpc) is 3.26. The van der Waals surface area contributed by atoms with E-state index in [1.165, 1.54) is 33.4 Å². The van der Waals surface area contributed by atoms with Gasteiger partial charge in [-0.25, -0.2) is 0 Å². The second-order valence-corrected chi connectivity index (χ2v) is 21.3. The Balaban J connectivity index is 0.00000241. The Labute approximate surface area is 247 Å². The zero-order valence-corrected chi connectivity index (χ0v) is 29.1. The van der Waals surface area contributed by atoms with Gasteiger partial charge in [-0.15, -0.1) is 0 Å². The molecule has 2 aromatic rings. The van der Waals surface area contributed by atoms with Crippen LogP contribution in [0.1, 0.15) is 112 Å². The molecule has 0 unspecified atom stereocenters. The third kappa shape index (κ3) is 6.21. The van der Waals surface area contributed by atoms with Crippen LogP contribution < -0.4 is 28.1 Å². The molecule has 2 aromatic carbocycles. The Hall–Kier alpha value is -0.747. The summed E-state index contributed by atoms with van der Waals surface area (Å²) in [7, 11) is 0. The van der Waals surface area contributed by atoms with Crippen molar-refractivity contribution < 1.29 is 46.1 Å². The largest absolute Gasteiger partial charge is 1.00 e. The first-order chi connectivity index (χ1) is 16.0. The molecule has 2 aliphatic carbocycles. The first-order valence-electron chi connectivity index (χ1n) is 13.4. The van der Waals surface area contributed by atoms with E-state index in [1.807, 2.05) is 3.28 Å². The van der Waals surface area contributed by atoms with E-state index in [4.69, 9.17) is 0 Å². The molecule has 0 nitrogen and oxygen atoms in total. The minimum atomic E-state index is -2.26. The fourth-order valence-corrected chi connectivity index (χ4v) is 14.5. The SMILES string of the molecule is CC1=CC[C]([Zr+2](=[C](C)C)[c]2cc(C(C)(C)C)cc3c2Cc2ccc(C(C)(C)C)cc2-3)=C1C(C)(C)C.[Cl-].[Cl-]. The summed E-state index contributed by atoms with van der Waals surface area (Å²) in [6.45, 7) is 28.6. The molecule has 3 heteroatoms. The first-order valence-corrected chi connectivity index (χ1v) is 17.1. The summed E-state index contributed by atoms with van der Waals surface area (Å²) in [6.07, 6.45) is 4.77. The van der Waals surface area contributed by atoms with Crippen LogP contribution in [0.2, 0.25) is 0 Å². The van der Waals surface area contributed by atoms with Gasteiger partial charge in [0.15, 0.2) is 0 Å². The van der Waals surface area contributed by atoms with Crippen LogP contribution in [-0.4, -0.2) is 3.21 Å². The Bertz CT molecular complexity index is 1300. The predicted octanol–water partition coefficient (Wildman–Crippen LogP) is 2.97. The summed E-state index contributed by atoms with van der Waals surface area (Å²) in [6, 6.07) is 12.5. The van der Waals surface area contributed by atoms with Crippen molar-refractivity contribution in [3.63, 3.8) is 0 Å². The van der Waals surface area contributed by atoms with E-state index in [1.54, 1.807) is 17.6 Å². The van der Waals surface area contributed by atoms with Crippen LogP contribution >= 0.6 is 0 Å². The van der Waals surface area contributed by atoms with Gasteiger partial charge in [0.25, 0.3) is 0 Å². The number of fused-ring (bicyclic) bond motifs is 3. The van der Waals surface area contributed by atoms with Crippen LogP contribution in [0, 0.1) is 5.41 Å². The monoisotopic (exact) mass is 614 g/mol. The molecule has 0 aliphatic heterocycles. The quantitative estimate of drug-likeness (QED) is 0.416. The molecule has 4 rings (SSSR count). The topological polar surface area (TPSA) is 0 Å². The number of rotatable bonds is 2. The van der Waals surface area contributed by atoms with Crippen LogP contribution in [0.4, 0.5) is 0 Å². The van der Waals surface area contributed by atoms with Crippen LogP contribution in [0.3, 0.4) is 0 Å². The standard InChI is InChI=1S/C21H25.C10H15.C3H6.2ClH.Zr/c1-20(2,3)16-9-7-14-11-15-8-10-17(21(4,5)6)13-19(15)18(14)12-16;1-8-6-5-7-9(8)10(2,3)4;1-3-2;;;/h7,9-10,12-13H,11H2,1-6H3;6H,5H2,1-4H3;1-2H3;2*1H;/q;;;;;+2/p-2. The number of allylic oxidation sites excluding steroid dienone is 4. The molecule has 200 valence electrons. The maximum atomic E-state index is 2.65.